The minimum absolute atomic E-state index is 0.299. The molecule has 1 aliphatic rings. The van der Waals surface area contributed by atoms with E-state index in [0.29, 0.717) is 12.0 Å². The van der Waals surface area contributed by atoms with Crippen LogP contribution in [0.1, 0.15) is 43.7 Å². The molecular formula is C20H24N6OS. The van der Waals surface area contributed by atoms with E-state index in [1.165, 1.54) is 22.5 Å². The lowest BCUT2D eigenvalue weighted by Crippen LogP contribution is -2.26. The van der Waals surface area contributed by atoms with Gasteiger partial charge in [0.2, 0.25) is 0 Å². The summed E-state index contributed by atoms with van der Waals surface area (Å²) in [7, 11) is 1.67. The van der Waals surface area contributed by atoms with Crippen LogP contribution >= 0.6 is 11.3 Å². The number of methoxy groups -OCH3 is 1. The Morgan fingerprint density at radius 3 is 2.79 bits per heavy atom. The van der Waals surface area contributed by atoms with E-state index >= 15 is 0 Å². The molecule has 1 aliphatic heterocycles. The van der Waals surface area contributed by atoms with Crippen LogP contribution in [0.15, 0.2) is 24.7 Å². The molecule has 0 spiro atoms. The first-order valence-corrected chi connectivity index (χ1v) is 10.6. The van der Waals surface area contributed by atoms with E-state index in [0.717, 1.165) is 41.4 Å². The summed E-state index contributed by atoms with van der Waals surface area (Å²) < 4.78 is 10.9. The van der Waals surface area contributed by atoms with Gasteiger partial charge in [-0.2, -0.15) is 5.10 Å². The number of aromatic nitrogens is 5. The summed E-state index contributed by atoms with van der Waals surface area (Å²) in [6.07, 6.45) is 5.90. The first kappa shape index (κ1) is 17.6. The molecule has 0 aliphatic carbocycles. The van der Waals surface area contributed by atoms with Crippen molar-refractivity contribution in [2.75, 3.05) is 20.2 Å². The third-order valence-corrected chi connectivity index (χ3v) is 6.62. The Kier molecular flexibility index (Phi) is 4.32. The molecular weight excluding hydrogens is 372 g/mol. The molecule has 5 rings (SSSR count). The number of hydrogen-bond acceptors (Lipinski definition) is 6. The van der Waals surface area contributed by atoms with Gasteiger partial charge in [0.15, 0.2) is 17.0 Å². The number of pyridine rings is 1. The van der Waals surface area contributed by atoms with Gasteiger partial charge >= 0.3 is 0 Å². The van der Waals surface area contributed by atoms with Crippen molar-refractivity contribution in [1.82, 2.24) is 29.5 Å². The Balaban J connectivity index is 1.65. The maximum atomic E-state index is 5.55. The topological polar surface area (TPSA) is 69.3 Å². The van der Waals surface area contributed by atoms with E-state index in [1.54, 1.807) is 18.0 Å². The molecule has 4 aromatic rings. The predicted octanol–water partition coefficient (Wildman–Crippen LogP) is 3.86. The quantitative estimate of drug-likeness (QED) is 0.567. The normalized spacial score (nSPS) is 15.9. The average Bonchev–Trinajstić information content (AvgIpc) is 3.41. The first-order valence-electron chi connectivity index (χ1n) is 9.76. The highest BCUT2D eigenvalue weighted by molar-refractivity contribution is 7.18. The van der Waals surface area contributed by atoms with Crippen molar-refractivity contribution >= 4 is 27.3 Å². The summed E-state index contributed by atoms with van der Waals surface area (Å²) in [4.78, 5) is 9.37. The van der Waals surface area contributed by atoms with Crippen LogP contribution in [-0.2, 0) is 0 Å². The highest BCUT2D eigenvalue weighted by Crippen LogP contribution is 2.39. The van der Waals surface area contributed by atoms with Crippen LogP contribution in [0.25, 0.3) is 27.3 Å². The zero-order valence-electron chi connectivity index (χ0n) is 16.3. The van der Waals surface area contributed by atoms with Gasteiger partial charge in [0.1, 0.15) is 6.33 Å². The van der Waals surface area contributed by atoms with E-state index < -0.39 is 0 Å². The molecule has 8 heteroatoms. The fourth-order valence-electron chi connectivity index (χ4n) is 4.09. The molecule has 1 fully saturated rings. The summed E-state index contributed by atoms with van der Waals surface area (Å²) in [5.74, 6) is 1.30. The number of hydrogen-bond donors (Lipinski definition) is 1. The van der Waals surface area contributed by atoms with Crippen LogP contribution in [0.2, 0.25) is 0 Å². The monoisotopic (exact) mass is 396 g/mol. The first-order chi connectivity index (χ1) is 13.7. The minimum Gasteiger partial charge on any atom is -0.493 e. The fraction of sp³-hybridized carbons (Fsp3) is 0.450. The average molecular weight is 397 g/mol. The number of thiazole rings is 1. The number of nitrogens with one attached hydrogen (secondary N) is 1. The van der Waals surface area contributed by atoms with Gasteiger partial charge in [0, 0.05) is 23.7 Å². The fourth-order valence-corrected chi connectivity index (χ4v) is 5.26. The Bertz CT molecular complexity index is 1130. The lowest BCUT2D eigenvalue weighted by Gasteiger charge is -2.20. The van der Waals surface area contributed by atoms with E-state index in [-0.39, 0.29) is 0 Å². The zero-order chi connectivity index (χ0) is 19.3. The summed E-state index contributed by atoms with van der Waals surface area (Å²) >= 11 is 1.84. The highest BCUT2D eigenvalue weighted by Gasteiger charge is 2.23. The predicted molar refractivity (Wildman–Crippen MR) is 111 cm³/mol. The lowest BCUT2D eigenvalue weighted by molar-refractivity contribution is 0.416. The van der Waals surface area contributed by atoms with Gasteiger partial charge in [-0.05, 0) is 51.9 Å². The Labute approximate surface area is 167 Å². The second-order valence-electron chi connectivity index (χ2n) is 7.58. The van der Waals surface area contributed by atoms with Gasteiger partial charge < -0.3 is 14.6 Å². The van der Waals surface area contributed by atoms with Gasteiger partial charge in [-0.15, -0.1) is 11.3 Å². The molecule has 0 bridgehead atoms. The smallest absolute Gasteiger partial charge is 0.197 e. The van der Waals surface area contributed by atoms with Crippen LogP contribution in [0.3, 0.4) is 0 Å². The van der Waals surface area contributed by atoms with E-state index in [9.17, 15) is 0 Å². The second-order valence-corrected chi connectivity index (χ2v) is 8.65. The van der Waals surface area contributed by atoms with Crippen molar-refractivity contribution in [2.24, 2.45) is 0 Å². The molecule has 1 N–H and O–H groups in total. The summed E-state index contributed by atoms with van der Waals surface area (Å²) in [6, 6.07) is 4.60. The molecule has 1 saturated heterocycles. The van der Waals surface area contributed by atoms with Crippen molar-refractivity contribution in [2.45, 2.75) is 38.6 Å². The molecule has 7 nitrogen and oxygen atoms in total. The molecule has 28 heavy (non-hydrogen) atoms. The zero-order valence-corrected chi connectivity index (χ0v) is 17.2. The Morgan fingerprint density at radius 2 is 2.04 bits per heavy atom. The molecule has 4 aromatic heterocycles. The largest absolute Gasteiger partial charge is 0.493 e. The molecule has 0 radical (unpaired) electrons. The van der Waals surface area contributed by atoms with E-state index in [2.05, 4.69) is 39.9 Å². The van der Waals surface area contributed by atoms with Crippen molar-refractivity contribution in [3.05, 3.63) is 29.7 Å². The lowest BCUT2D eigenvalue weighted by atomic mass is 9.99. The number of piperidine rings is 1. The Hall–Kier alpha value is -2.45. The van der Waals surface area contributed by atoms with Crippen molar-refractivity contribution in [3.63, 3.8) is 0 Å². The van der Waals surface area contributed by atoms with Crippen LogP contribution in [0.5, 0.6) is 5.75 Å². The van der Waals surface area contributed by atoms with E-state index in [1.807, 2.05) is 23.6 Å². The van der Waals surface area contributed by atoms with Gasteiger partial charge in [-0.25, -0.2) is 14.5 Å². The number of nitrogens with zero attached hydrogens (tertiary/aromatic N) is 5. The number of fused-ring (bicyclic) bond motifs is 2. The molecule has 0 aromatic carbocycles. The number of rotatable bonds is 4. The van der Waals surface area contributed by atoms with Crippen LogP contribution < -0.4 is 10.1 Å². The molecule has 146 valence electrons. The second kappa shape index (κ2) is 6.86. The van der Waals surface area contributed by atoms with Gasteiger partial charge in [-0.1, -0.05) is 0 Å². The maximum Gasteiger partial charge on any atom is 0.197 e. The molecule has 0 amide bonds. The van der Waals surface area contributed by atoms with E-state index in [4.69, 9.17) is 9.72 Å². The SMILES string of the molecule is COc1cc(-c2cc3sc(C4CCNCC4)nc3n2C(C)C)cn2ncnc12. The van der Waals surface area contributed by atoms with Crippen molar-refractivity contribution in [3.8, 4) is 17.0 Å². The maximum absolute atomic E-state index is 5.55. The molecule has 0 unspecified atom stereocenters. The molecule has 5 heterocycles. The third kappa shape index (κ3) is 2.79. The van der Waals surface area contributed by atoms with Crippen LogP contribution in [0, 0.1) is 0 Å². The standard InChI is InChI=1S/C20H24N6OS/c1-12(2)26-15(14-8-16(27-3)18-22-11-23-25(18)10-14)9-17-19(26)24-20(28-17)13-4-6-21-7-5-13/h8-13,21H,4-7H2,1-3H3. The van der Waals surface area contributed by atoms with Gasteiger partial charge in [0.05, 0.1) is 22.5 Å². The van der Waals surface area contributed by atoms with Crippen molar-refractivity contribution < 1.29 is 4.74 Å². The number of ether oxygens (including phenoxy) is 1. The molecule has 0 saturated carbocycles. The minimum atomic E-state index is 0.299. The summed E-state index contributed by atoms with van der Waals surface area (Å²) in [5.41, 5.74) is 4.00. The molecule has 0 atom stereocenters. The summed E-state index contributed by atoms with van der Waals surface area (Å²) in [5, 5.41) is 9.02. The van der Waals surface area contributed by atoms with Crippen molar-refractivity contribution in [1.29, 1.82) is 0 Å². The van der Waals surface area contributed by atoms with Crippen LogP contribution in [-0.4, -0.2) is 44.3 Å². The highest BCUT2D eigenvalue weighted by atomic mass is 32.1. The Morgan fingerprint density at radius 1 is 1.21 bits per heavy atom. The van der Waals surface area contributed by atoms with Gasteiger partial charge in [-0.3, -0.25) is 0 Å². The summed E-state index contributed by atoms with van der Waals surface area (Å²) in [6.45, 7) is 6.58. The third-order valence-electron chi connectivity index (χ3n) is 5.47. The van der Waals surface area contributed by atoms with Gasteiger partial charge in [0.25, 0.3) is 0 Å². The van der Waals surface area contributed by atoms with Crippen LogP contribution in [0.4, 0.5) is 0 Å².